The number of esters is 1. The molecule has 0 radical (unpaired) electrons. The number of benzene rings is 2. The quantitative estimate of drug-likeness (QED) is 0.618. The number of fused-ring (bicyclic) bond motifs is 1. The van der Waals surface area contributed by atoms with E-state index in [2.05, 4.69) is 5.32 Å². The van der Waals surface area contributed by atoms with Crippen LogP contribution in [0.4, 0.5) is 5.69 Å². The molecule has 0 aliphatic rings. The molecule has 1 amide bonds. The van der Waals surface area contributed by atoms with Gasteiger partial charge in [-0.1, -0.05) is 29.8 Å². The summed E-state index contributed by atoms with van der Waals surface area (Å²) in [4.78, 5) is 24.5. The molecule has 0 aliphatic heterocycles. The molecule has 1 heterocycles. The molecule has 7 heteroatoms. The molecule has 134 valence electrons. The van der Waals surface area contributed by atoms with Crippen LogP contribution in [0.1, 0.15) is 16.6 Å². The number of amides is 1. The van der Waals surface area contributed by atoms with Gasteiger partial charge in [-0.25, -0.2) is 4.79 Å². The summed E-state index contributed by atoms with van der Waals surface area (Å²) in [5.74, 6) is -0.325. The van der Waals surface area contributed by atoms with Crippen molar-refractivity contribution in [3.63, 3.8) is 0 Å². The maximum Gasteiger partial charge on any atom is 0.350 e. The molecule has 0 saturated carbocycles. The Balaban J connectivity index is 1.58. The van der Waals surface area contributed by atoms with Gasteiger partial charge in [-0.15, -0.1) is 11.3 Å². The van der Waals surface area contributed by atoms with E-state index in [1.54, 1.807) is 24.3 Å². The van der Waals surface area contributed by atoms with E-state index < -0.39 is 18.5 Å². The molecule has 0 spiro atoms. The molecule has 3 aromatic rings. The number of carbonyl (C=O) groups excluding carboxylic acids is 2. The Labute approximate surface area is 159 Å². The van der Waals surface area contributed by atoms with E-state index in [1.165, 1.54) is 11.3 Å². The Morgan fingerprint density at radius 3 is 2.54 bits per heavy atom. The molecule has 0 aliphatic carbocycles. The largest absolute Gasteiger partial charge is 0.494 e. The molecule has 26 heavy (non-hydrogen) atoms. The van der Waals surface area contributed by atoms with Crippen LogP contribution in [-0.4, -0.2) is 25.1 Å². The van der Waals surface area contributed by atoms with E-state index in [-0.39, 0.29) is 0 Å². The van der Waals surface area contributed by atoms with Gasteiger partial charge in [-0.2, -0.15) is 0 Å². The number of hydrogen-bond acceptors (Lipinski definition) is 5. The van der Waals surface area contributed by atoms with Crippen molar-refractivity contribution in [1.82, 2.24) is 0 Å². The maximum absolute atomic E-state index is 12.2. The third kappa shape index (κ3) is 4.15. The fourth-order valence-corrected chi connectivity index (χ4v) is 3.74. The van der Waals surface area contributed by atoms with Crippen molar-refractivity contribution < 1.29 is 19.1 Å². The Hall–Kier alpha value is -2.57. The third-order valence-corrected chi connectivity index (χ3v) is 5.16. The highest BCUT2D eigenvalue weighted by Crippen LogP contribution is 2.35. The maximum atomic E-state index is 12.2. The van der Waals surface area contributed by atoms with E-state index in [1.807, 2.05) is 31.2 Å². The smallest absolute Gasteiger partial charge is 0.350 e. The van der Waals surface area contributed by atoms with E-state index in [0.717, 1.165) is 15.8 Å². The summed E-state index contributed by atoms with van der Waals surface area (Å²) in [5.41, 5.74) is 0.592. The van der Waals surface area contributed by atoms with Gasteiger partial charge in [0.15, 0.2) is 6.61 Å². The summed E-state index contributed by atoms with van der Waals surface area (Å²) < 4.78 is 11.3. The van der Waals surface area contributed by atoms with Crippen LogP contribution in [0.15, 0.2) is 48.5 Å². The third-order valence-electron chi connectivity index (χ3n) is 3.50. The summed E-state index contributed by atoms with van der Waals surface area (Å²) >= 11 is 7.48. The van der Waals surface area contributed by atoms with Crippen LogP contribution >= 0.6 is 22.9 Å². The fourth-order valence-electron chi connectivity index (χ4n) is 2.34. The second-order valence-electron chi connectivity index (χ2n) is 5.32. The Kier molecular flexibility index (Phi) is 5.75. The standard InChI is InChI=1S/C19H16ClNO4S/c1-2-24-13-9-7-12(8-10-13)21-16(22)11-25-19(23)18-17(20)14-5-3-4-6-15(14)26-18/h3-10H,2,11H2,1H3,(H,21,22). The van der Waals surface area contributed by atoms with Crippen LogP contribution in [-0.2, 0) is 9.53 Å². The molecule has 0 bridgehead atoms. The lowest BCUT2D eigenvalue weighted by Gasteiger charge is -2.07. The predicted octanol–water partition coefficient (Wildman–Crippen LogP) is 4.75. The number of rotatable bonds is 6. The zero-order valence-electron chi connectivity index (χ0n) is 14.0. The van der Waals surface area contributed by atoms with Crippen LogP contribution in [0, 0.1) is 0 Å². The Bertz CT molecular complexity index is 936. The normalized spacial score (nSPS) is 10.5. The lowest BCUT2D eigenvalue weighted by atomic mass is 10.2. The van der Waals surface area contributed by atoms with Gasteiger partial charge in [0.1, 0.15) is 10.6 Å². The van der Waals surface area contributed by atoms with Gasteiger partial charge >= 0.3 is 5.97 Å². The second kappa shape index (κ2) is 8.21. The molecular weight excluding hydrogens is 374 g/mol. The summed E-state index contributed by atoms with van der Waals surface area (Å²) in [5, 5.41) is 3.80. The molecule has 0 atom stereocenters. The average Bonchev–Trinajstić information content (AvgIpc) is 2.99. The second-order valence-corrected chi connectivity index (χ2v) is 6.75. The van der Waals surface area contributed by atoms with E-state index >= 15 is 0 Å². The van der Waals surface area contributed by atoms with Crippen LogP contribution in [0.25, 0.3) is 10.1 Å². The first-order chi connectivity index (χ1) is 12.6. The van der Waals surface area contributed by atoms with Gasteiger partial charge < -0.3 is 14.8 Å². The van der Waals surface area contributed by atoms with Crippen molar-refractivity contribution in [2.24, 2.45) is 0 Å². The van der Waals surface area contributed by atoms with E-state index in [9.17, 15) is 9.59 Å². The average molecular weight is 390 g/mol. The molecule has 2 aromatic carbocycles. The molecule has 0 saturated heterocycles. The number of hydrogen-bond donors (Lipinski definition) is 1. The summed E-state index contributed by atoms with van der Waals surface area (Å²) in [7, 11) is 0. The highest BCUT2D eigenvalue weighted by atomic mass is 35.5. The minimum atomic E-state index is -0.613. The predicted molar refractivity (Wildman–Crippen MR) is 103 cm³/mol. The van der Waals surface area contributed by atoms with Crippen molar-refractivity contribution in [1.29, 1.82) is 0 Å². The van der Waals surface area contributed by atoms with Gasteiger partial charge in [-0.05, 0) is 37.3 Å². The molecule has 1 aromatic heterocycles. The summed E-state index contributed by atoms with van der Waals surface area (Å²) in [6.45, 7) is 2.07. The molecular formula is C19H16ClNO4S. The summed E-state index contributed by atoms with van der Waals surface area (Å²) in [6.07, 6.45) is 0. The first kappa shape index (κ1) is 18.2. The van der Waals surface area contributed by atoms with Crippen molar-refractivity contribution in [3.05, 3.63) is 58.4 Å². The van der Waals surface area contributed by atoms with Crippen molar-refractivity contribution in [2.75, 3.05) is 18.5 Å². The van der Waals surface area contributed by atoms with Crippen LogP contribution < -0.4 is 10.1 Å². The minimum Gasteiger partial charge on any atom is -0.494 e. The van der Waals surface area contributed by atoms with Crippen molar-refractivity contribution >= 4 is 50.6 Å². The minimum absolute atomic E-state index is 0.293. The highest BCUT2D eigenvalue weighted by molar-refractivity contribution is 7.21. The molecule has 5 nitrogen and oxygen atoms in total. The monoisotopic (exact) mass is 389 g/mol. The number of halogens is 1. The van der Waals surface area contributed by atoms with Crippen LogP contribution in [0.5, 0.6) is 5.75 Å². The lowest BCUT2D eigenvalue weighted by Crippen LogP contribution is -2.20. The first-order valence-corrected chi connectivity index (χ1v) is 9.14. The number of ether oxygens (including phenoxy) is 2. The van der Waals surface area contributed by atoms with Crippen molar-refractivity contribution in [2.45, 2.75) is 6.92 Å². The number of nitrogens with one attached hydrogen (secondary N) is 1. The number of thiophene rings is 1. The first-order valence-electron chi connectivity index (χ1n) is 7.95. The van der Waals surface area contributed by atoms with Gasteiger partial charge in [-0.3, -0.25) is 4.79 Å². The van der Waals surface area contributed by atoms with Gasteiger partial charge in [0.25, 0.3) is 5.91 Å². The van der Waals surface area contributed by atoms with Crippen molar-refractivity contribution in [3.8, 4) is 5.75 Å². The van der Waals surface area contributed by atoms with Gasteiger partial charge in [0.2, 0.25) is 0 Å². The fraction of sp³-hybridized carbons (Fsp3) is 0.158. The van der Waals surface area contributed by atoms with Crippen LogP contribution in [0.3, 0.4) is 0 Å². The molecule has 3 rings (SSSR count). The number of carbonyl (C=O) groups is 2. The Morgan fingerprint density at radius 1 is 1.12 bits per heavy atom. The highest BCUT2D eigenvalue weighted by Gasteiger charge is 2.19. The SMILES string of the molecule is CCOc1ccc(NC(=O)COC(=O)c2sc3ccccc3c2Cl)cc1. The summed E-state index contributed by atoms with van der Waals surface area (Å²) in [6, 6.07) is 14.4. The lowest BCUT2D eigenvalue weighted by molar-refractivity contribution is -0.119. The molecule has 0 fully saturated rings. The molecule has 0 unspecified atom stereocenters. The Morgan fingerprint density at radius 2 is 1.85 bits per heavy atom. The number of anilines is 1. The van der Waals surface area contributed by atoms with E-state index in [4.69, 9.17) is 21.1 Å². The van der Waals surface area contributed by atoms with Gasteiger partial charge in [0.05, 0.1) is 11.6 Å². The topological polar surface area (TPSA) is 64.6 Å². The van der Waals surface area contributed by atoms with Crippen LogP contribution in [0.2, 0.25) is 5.02 Å². The van der Waals surface area contributed by atoms with E-state index in [0.29, 0.717) is 22.2 Å². The zero-order valence-corrected chi connectivity index (χ0v) is 15.5. The van der Waals surface area contributed by atoms with Gasteiger partial charge in [0, 0.05) is 15.8 Å². The molecule has 1 N–H and O–H groups in total. The zero-order chi connectivity index (χ0) is 18.5.